The summed E-state index contributed by atoms with van der Waals surface area (Å²) in [6.45, 7) is 0.475. The second-order valence-corrected chi connectivity index (χ2v) is 7.06. The van der Waals surface area contributed by atoms with Gasteiger partial charge in [0.25, 0.3) is 11.8 Å². The van der Waals surface area contributed by atoms with E-state index in [-0.39, 0.29) is 11.4 Å². The van der Waals surface area contributed by atoms with Crippen LogP contribution in [-0.2, 0) is 6.42 Å². The van der Waals surface area contributed by atoms with Gasteiger partial charge in [-0.05, 0) is 55.7 Å². The minimum Gasteiger partial charge on any atom is -0.473 e. The number of nitrogens with zero attached hydrogens (tertiary/aromatic N) is 2. The van der Waals surface area contributed by atoms with E-state index in [2.05, 4.69) is 8.75 Å². The molecular formula is C17H19FN2O2S. The van der Waals surface area contributed by atoms with Crippen LogP contribution in [-0.4, -0.2) is 21.0 Å². The van der Waals surface area contributed by atoms with Crippen molar-refractivity contribution in [3.63, 3.8) is 0 Å². The van der Waals surface area contributed by atoms with E-state index in [1.165, 1.54) is 25.0 Å². The molecule has 0 saturated heterocycles. The minimum atomic E-state index is -0.222. The fourth-order valence-electron chi connectivity index (χ4n) is 3.73. The van der Waals surface area contributed by atoms with Crippen molar-refractivity contribution < 1.29 is 13.9 Å². The van der Waals surface area contributed by atoms with Gasteiger partial charge in [0.1, 0.15) is 11.4 Å². The Balaban J connectivity index is 1.35. The maximum Gasteiger partial charge on any atom is 0.291 e. The number of benzene rings is 1. The first kappa shape index (κ1) is 14.9. The molecule has 6 heteroatoms. The van der Waals surface area contributed by atoms with E-state index >= 15 is 0 Å². The monoisotopic (exact) mass is 334 g/mol. The van der Waals surface area contributed by atoms with E-state index in [9.17, 15) is 4.39 Å². The molecule has 0 atom stereocenters. The zero-order valence-electron chi connectivity index (χ0n) is 12.8. The van der Waals surface area contributed by atoms with Crippen molar-refractivity contribution in [2.75, 3.05) is 6.61 Å². The summed E-state index contributed by atoms with van der Waals surface area (Å²) in [5.74, 6) is 1.63. The second kappa shape index (κ2) is 6.07. The summed E-state index contributed by atoms with van der Waals surface area (Å²) in [4.78, 5) is 0. The van der Waals surface area contributed by atoms with Crippen LogP contribution >= 0.6 is 11.7 Å². The van der Waals surface area contributed by atoms with E-state index in [4.69, 9.17) is 9.47 Å². The van der Waals surface area contributed by atoms with Gasteiger partial charge in [0.2, 0.25) is 0 Å². The summed E-state index contributed by atoms with van der Waals surface area (Å²) in [5.41, 5.74) is 1.00. The Hall–Kier alpha value is -1.69. The standard InChI is InChI=1S/C17H19FN2O2S/c18-14-3-1-12(2-4-14)7-10-21-15-16(20-23-19-15)22-17-8-5-13(11-17)6-9-17/h1-4,13H,5-11H2. The van der Waals surface area contributed by atoms with Crippen LogP contribution in [0.3, 0.4) is 0 Å². The highest BCUT2D eigenvalue weighted by atomic mass is 32.1. The molecule has 2 saturated carbocycles. The van der Waals surface area contributed by atoms with Crippen molar-refractivity contribution >= 4 is 11.7 Å². The van der Waals surface area contributed by atoms with E-state index in [1.807, 2.05) is 0 Å². The number of halogens is 1. The minimum absolute atomic E-state index is 0.0323. The van der Waals surface area contributed by atoms with Crippen LogP contribution in [0.25, 0.3) is 0 Å². The van der Waals surface area contributed by atoms with Crippen LogP contribution in [0.15, 0.2) is 24.3 Å². The van der Waals surface area contributed by atoms with Crippen molar-refractivity contribution in [2.24, 2.45) is 5.92 Å². The number of fused-ring (bicyclic) bond motifs is 2. The summed E-state index contributed by atoms with van der Waals surface area (Å²) in [5, 5.41) is 0. The summed E-state index contributed by atoms with van der Waals surface area (Å²) in [7, 11) is 0. The summed E-state index contributed by atoms with van der Waals surface area (Å²) < 4.78 is 33.3. The number of rotatable bonds is 6. The largest absolute Gasteiger partial charge is 0.473 e. The quantitative estimate of drug-likeness (QED) is 0.800. The molecule has 0 radical (unpaired) electrons. The van der Waals surface area contributed by atoms with E-state index < -0.39 is 0 Å². The first-order valence-corrected chi connectivity index (χ1v) is 8.84. The summed E-state index contributed by atoms with van der Waals surface area (Å²) >= 11 is 1.12. The Morgan fingerprint density at radius 3 is 2.57 bits per heavy atom. The van der Waals surface area contributed by atoms with Crippen molar-refractivity contribution in [1.29, 1.82) is 0 Å². The van der Waals surface area contributed by atoms with Crippen molar-refractivity contribution in [3.05, 3.63) is 35.6 Å². The smallest absolute Gasteiger partial charge is 0.291 e. The van der Waals surface area contributed by atoms with Gasteiger partial charge >= 0.3 is 0 Å². The zero-order valence-corrected chi connectivity index (χ0v) is 13.7. The lowest BCUT2D eigenvalue weighted by Gasteiger charge is -2.26. The number of hydrogen-bond acceptors (Lipinski definition) is 5. The molecule has 23 heavy (non-hydrogen) atoms. The number of aromatic nitrogens is 2. The topological polar surface area (TPSA) is 44.2 Å². The highest BCUT2D eigenvalue weighted by Gasteiger charge is 2.47. The van der Waals surface area contributed by atoms with E-state index in [1.54, 1.807) is 12.1 Å². The Bertz CT molecular complexity index is 665. The number of ether oxygens (including phenoxy) is 2. The molecule has 0 unspecified atom stereocenters. The molecule has 2 aromatic rings. The van der Waals surface area contributed by atoms with Crippen molar-refractivity contribution in [3.8, 4) is 11.8 Å². The zero-order chi connectivity index (χ0) is 15.7. The highest BCUT2D eigenvalue weighted by Crippen LogP contribution is 2.50. The fraction of sp³-hybridized carbons (Fsp3) is 0.529. The SMILES string of the molecule is Fc1ccc(CCOc2nsnc2OC23CCC(CC2)C3)cc1. The molecule has 0 amide bonds. The van der Waals surface area contributed by atoms with Crippen LogP contribution < -0.4 is 9.47 Å². The van der Waals surface area contributed by atoms with E-state index in [0.717, 1.165) is 42.5 Å². The Morgan fingerprint density at radius 1 is 1.13 bits per heavy atom. The third-order valence-electron chi connectivity index (χ3n) is 4.96. The average Bonchev–Trinajstić information content (AvgIpc) is 3.26. The normalized spacial score (nSPS) is 25.7. The lowest BCUT2D eigenvalue weighted by atomic mass is 9.97. The third kappa shape index (κ3) is 3.17. The molecule has 2 fully saturated rings. The van der Waals surface area contributed by atoms with Crippen molar-refractivity contribution in [1.82, 2.24) is 8.75 Å². The van der Waals surface area contributed by atoms with Gasteiger partial charge in [-0.15, -0.1) is 8.75 Å². The first-order chi connectivity index (χ1) is 11.2. The molecule has 4 nitrogen and oxygen atoms in total. The molecule has 4 rings (SSSR count). The van der Waals surface area contributed by atoms with Gasteiger partial charge in [-0.2, -0.15) is 0 Å². The number of hydrogen-bond donors (Lipinski definition) is 0. The molecule has 0 aliphatic heterocycles. The molecule has 0 N–H and O–H groups in total. The second-order valence-electron chi connectivity index (χ2n) is 6.53. The van der Waals surface area contributed by atoms with Gasteiger partial charge in [0.05, 0.1) is 18.3 Å². The van der Waals surface area contributed by atoms with Crippen LogP contribution in [0.4, 0.5) is 4.39 Å². The van der Waals surface area contributed by atoms with Gasteiger partial charge in [-0.1, -0.05) is 12.1 Å². The van der Waals surface area contributed by atoms with Crippen LogP contribution in [0, 0.1) is 11.7 Å². The molecule has 2 aliphatic rings. The molecular weight excluding hydrogens is 315 g/mol. The maximum atomic E-state index is 12.9. The molecule has 0 spiro atoms. The van der Waals surface area contributed by atoms with Gasteiger partial charge in [-0.3, -0.25) is 0 Å². The van der Waals surface area contributed by atoms with Gasteiger partial charge in [0.15, 0.2) is 0 Å². The predicted octanol–water partition coefficient (Wildman–Crippen LogP) is 4.01. The fourth-order valence-corrected chi connectivity index (χ4v) is 4.16. The maximum absolute atomic E-state index is 12.9. The van der Waals surface area contributed by atoms with E-state index in [0.29, 0.717) is 24.8 Å². The van der Waals surface area contributed by atoms with Crippen molar-refractivity contribution in [2.45, 2.75) is 44.1 Å². The summed E-state index contributed by atoms with van der Waals surface area (Å²) in [6.07, 6.45) is 6.59. The third-order valence-corrected chi connectivity index (χ3v) is 5.46. The van der Waals surface area contributed by atoms with Gasteiger partial charge in [-0.25, -0.2) is 4.39 Å². The molecule has 2 aliphatic carbocycles. The van der Waals surface area contributed by atoms with Gasteiger partial charge < -0.3 is 9.47 Å². The lowest BCUT2D eigenvalue weighted by molar-refractivity contribution is 0.0706. The lowest BCUT2D eigenvalue weighted by Crippen LogP contribution is -2.30. The highest BCUT2D eigenvalue weighted by molar-refractivity contribution is 6.99. The van der Waals surface area contributed by atoms with Gasteiger partial charge in [0, 0.05) is 6.42 Å². The molecule has 1 aromatic heterocycles. The molecule has 1 heterocycles. The van der Waals surface area contributed by atoms with Crippen LogP contribution in [0.2, 0.25) is 0 Å². The Kier molecular flexibility index (Phi) is 3.93. The Morgan fingerprint density at radius 2 is 1.87 bits per heavy atom. The molecule has 122 valence electrons. The predicted molar refractivity (Wildman–Crippen MR) is 85.4 cm³/mol. The Labute approximate surface area is 139 Å². The molecule has 2 bridgehead atoms. The summed E-state index contributed by atoms with van der Waals surface area (Å²) in [6, 6.07) is 6.46. The molecule has 1 aromatic carbocycles. The average molecular weight is 334 g/mol. The first-order valence-electron chi connectivity index (χ1n) is 8.11. The van der Waals surface area contributed by atoms with Crippen LogP contribution in [0.5, 0.6) is 11.8 Å². The van der Waals surface area contributed by atoms with Crippen LogP contribution in [0.1, 0.15) is 37.7 Å².